The Labute approximate surface area is 133 Å². The molecule has 0 heterocycles. The molecule has 110 valence electrons. The topological polar surface area (TPSA) is 38.3 Å². The standard InChI is InChI=1S/C16H15Cl2NO2/c1-11(21-14-5-3-2-4-6-14)16(20)19-10-12-7-8-13(17)9-15(12)18/h2-9,11H,10H2,1H3,(H,19,20)/t11-/m0/s1. The maximum Gasteiger partial charge on any atom is 0.261 e. The van der Waals surface area contributed by atoms with Crippen LogP contribution < -0.4 is 10.1 Å². The Balaban J connectivity index is 1.89. The lowest BCUT2D eigenvalue weighted by Gasteiger charge is -2.15. The van der Waals surface area contributed by atoms with Crippen molar-refractivity contribution in [3.8, 4) is 5.75 Å². The Morgan fingerprint density at radius 1 is 1.19 bits per heavy atom. The molecule has 0 saturated carbocycles. The van der Waals surface area contributed by atoms with Gasteiger partial charge in [-0.15, -0.1) is 0 Å². The Kier molecular flexibility index (Phi) is 5.48. The molecular formula is C16H15Cl2NO2. The lowest BCUT2D eigenvalue weighted by molar-refractivity contribution is -0.127. The van der Waals surface area contributed by atoms with Crippen molar-refractivity contribution in [3.05, 3.63) is 64.1 Å². The van der Waals surface area contributed by atoms with E-state index < -0.39 is 6.10 Å². The third-order valence-corrected chi connectivity index (χ3v) is 3.48. The predicted molar refractivity (Wildman–Crippen MR) is 84.8 cm³/mol. The first-order valence-electron chi connectivity index (χ1n) is 6.49. The molecule has 3 nitrogen and oxygen atoms in total. The van der Waals surface area contributed by atoms with Crippen LogP contribution >= 0.6 is 23.2 Å². The van der Waals surface area contributed by atoms with E-state index >= 15 is 0 Å². The van der Waals surface area contributed by atoms with Crippen molar-refractivity contribution >= 4 is 29.1 Å². The number of halogens is 2. The highest BCUT2D eigenvalue weighted by atomic mass is 35.5. The monoisotopic (exact) mass is 323 g/mol. The molecule has 0 aliphatic heterocycles. The van der Waals surface area contributed by atoms with E-state index in [1.165, 1.54) is 0 Å². The van der Waals surface area contributed by atoms with Gasteiger partial charge in [-0.25, -0.2) is 0 Å². The van der Waals surface area contributed by atoms with Gasteiger partial charge in [-0.1, -0.05) is 47.5 Å². The van der Waals surface area contributed by atoms with Crippen LogP contribution in [0.2, 0.25) is 10.0 Å². The SMILES string of the molecule is C[C@H](Oc1ccccc1)C(=O)NCc1ccc(Cl)cc1Cl. The van der Waals surface area contributed by atoms with Crippen LogP contribution in [-0.4, -0.2) is 12.0 Å². The van der Waals surface area contributed by atoms with Gasteiger partial charge in [0.2, 0.25) is 0 Å². The molecule has 0 spiro atoms. The van der Waals surface area contributed by atoms with Gasteiger partial charge in [0, 0.05) is 16.6 Å². The number of nitrogens with one attached hydrogen (secondary N) is 1. The van der Waals surface area contributed by atoms with Gasteiger partial charge in [0.25, 0.3) is 5.91 Å². The van der Waals surface area contributed by atoms with Crippen LogP contribution in [0.5, 0.6) is 5.75 Å². The highest BCUT2D eigenvalue weighted by molar-refractivity contribution is 6.35. The number of hydrogen-bond acceptors (Lipinski definition) is 2. The summed E-state index contributed by atoms with van der Waals surface area (Å²) in [4.78, 5) is 12.0. The molecule has 1 N–H and O–H groups in total. The van der Waals surface area contributed by atoms with Gasteiger partial charge in [-0.05, 0) is 36.8 Å². The molecule has 0 aliphatic rings. The highest BCUT2D eigenvalue weighted by Crippen LogP contribution is 2.20. The second-order valence-corrected chi connectivity index (χ2v) is 5.37. The predicted octanol–water partition coefficient (Wildman–Crippen LogP) is 4.08. The molecule has 0 aliphatic carbocycles. The second kappa shape index (κ2) is 7.34. The Morgan fingerprint density at radius 3 is 2.57 bits per heavy atom. The van der Waals surface area contributed by atoms with Gasteiger partial charge in [0.15, 0.2) is 6.10 Å². The number of carbonyl (C=O) groups is 1. The number of ether oxygens (including phenoxy) is 1. The number of para-hydroxylation sites is 1. The molecule has 0 unspecified atom stereocenters. The highest BCUT2D eigenvalue weighted by Gasteiger charge is 2.14. The summed E-state index contributed by atoms with van der Waals surface area (Å²) >= 11 is 11.9. The molecule has 2 aromatic rings. The van der Waals surface area contributed by atoms with E-state index in [-0.39, 0.29) is 5.91 Å². The minimum Gasteiger partial charge on any atom is -0.481 e. The molecule has 1 amide bonds. The number of amides is 1. The van der Waals surface area contributed by atoms with E-state index in [2.05, 4.69) is 5.32 Å². The fraction of sp³-hybridized carbons (Fsp3) is 0.188. The van der Waals surface area contributed by atoms with Crippen molar-refractivity contribution in [3.63, 3.8) is 0 Å². The van der Waals surface area contributed by atoms with Crippen LogP contribution in [0.3, 0.4) is 0 Å². The first-order valence-corrected chi connectivity index (χ1v) is 7.25. The minimum atomic E-state index is -0.585. The van der Waals surface area contributed by atoms with Crippen molar-refractivity contribution in [2.45, 2.75) is 19.6 Å². The third kappa shape index (κ3) is 4.66. The van der Waals surface area contributed by atoms with Crippen molar-refractivity contribution in [2.24, 2.45) is 0 Å². The molecule has 0 aromatic heterocycles. The molecule has 21 heavy (non-hydrogen) atoms. The lowest BCUT2D eigenvalue weighted by Crippen LogP contribution is -2.35. The molecule has 2 rings (SSSR count). The second-order valence-electron chi connectivity index (χ2n) is 4.53. The van der Waals surface area contributed by atoms with Crippen LogP contribution in [0.15, 0.2) is 48.5 Å². The van der Waals surface area contributed by atoms with Gasteiger partial charge in [-0.3, -0.25) is 4.79 Å². The maximum atomic E-state index is 12.0. The first kappa shape index (κ1) is 15.7. The summed E-state index contributed by atoms with van der Waals surface area (Å²) in [7, 11) is 0. The summed E-state index contributed by atoms with van der Waals surface area (Å²) in [6.45, 7) is 2.03. The Morgan fingerprint density at radius 2 is 1.90 bits per heavy atom. The normalized spacial score (nSPS) is 11.8. The summed E-state index contributed by atoms with van der Waals surface area (Å²) < 4.78 is 5.55. The molecular weight excluding hydrogens is 309 g/mol. The minimum absolute atomic E-state index is 0.204. The van der Waals surface area contributed by atoms with Gasteiger partial charge >= 0.3 is 0 Å². The number of carbonyl (C=O) groups excluding carboxylic acids is 1. The molecule has 0 fully saturated rings. The summed E-state index contributed by atoms with van der Waals surface area (Å²) in [5.41, 5.74) is 0.807. The average molecular weight is 324 g/mol. The average Bonchev–Trinajstić information content (AvgIpc) is 2.47. The van der Waals surface area contributed by atoms with E-state index in [1.807, 2.05) is 18.2 Å². The molecule has 0 radical (unpaired) electrons. The Hall–Kier alpha value is -1.71. The van der Waals surface area contributed by atoms with Gasteiger partial charge < -0.3 is 10.1 Å². The largest absolute Gasteiger partial charge is 0.481 e. The number of hydrogen-bond donors (Lipinski definition) is 1. The Bertz CT molecular complexity index is 617. The van der Waals surface area contributed by atoms with Gasteiger partial charge in [-0.2, -0.15) is 0 Å². The summed E-state index contributed by atoms with van der Waals surface area (Å²) in [5.74, 6) is 0.453. The maximum absolute atomic E-state index is 12.0. The van der Waals surface area contributed by atoms with E-state index in [0.717, 1.165) is 5.56 Å². The van der Waals surface area contributed by atoms with E-state index in [4.69, 9.17) is 27.9 Å². The van der Waals surface area contributed by atoms with Crippen LogP contribution in [0.1, 0.15) is 12.5 Å². The van der Waals surface area contributed by atoms with E-state index in [1.54, 1.807) is 37.3 Å². The third-order valence-electron chi connectivity index (χ3n) is 2.89. The zero-order valence-electron chi connectivity index (χ0n) is 11.5. The summed E-state index contributed by atoms with van der Waals surface area (Å²) in [6, 6.07) is 14.4. The smallest absolute Gasteiger partial charge is 0.261 e. The van der Waals surface area contributed by atoms with Gasteiger partial charge in [0.1, 0.15) is 5.75 Å². The first-order chi connectivity index (χ1) is 10.1. The zero-order chi connectivity index (χ0) is 15.2. The zero-order valence-corrected chi connectivity index (χ0v) is 13.0. The van der Waals surface area contributed by atoms with Crippen LogP contribution in [0.4, 0.5) is 0 Å². The quantitative estimate of drug-likeness (QED) is 0.900. The van der Waals surface area contributed by atoms with Crippen LogP contribution in [0.25, 0.3) is 0 Å². The number of rotatable bonds is 5. The molecule has 5 heteroatoms. The van der Waals surface area contributed by atoms with Crippen molar-refractivity contribution in [1.82, 2.24) is 5.32 Å². The summed E-state index contributed by atoms with van der Waals surface area (Å²) in [6.07, 6.45) is -0.585. The van der Waals surface area contributed by atoms with Gasteiger partial charge in [0.05, 0.1) is 0 Å². The molecule has 1 atom stereocenters. The number of benzene rings is 2. The van der Waals surface area contributed by atoms with Crippen molar-refractivity contribution in [1.29, 1.82) is 0 Å². The van der Waals surface area contributed by atoms with Crippen molar-refractivity contribution in [2.75, 3.05) is 0 Å². The van der Waals surface area contributed by atoms with E-state index in [9.17, 15) is 4.79 Å². The summed E-state index contributed by atoms with van der Waals surface area (Å²) in [5, 5.41) is 3.88. The van der Waals surface area contributed by atoms with Crippen LogP contribution in [-0.2, 0) is 11.3 Å². The molecule has 0 saturated heterocycles. The molecule has 0 bridgehead atoms. The van der Waals surface area contributed by atoms with Crippen LogP contribution in [0, 0.1) is 0 Å². The van der Waals surface area contributed by atoms with E-state index in [0.29, 0.717) is 22.3 Å². The fourth-order valence-corrected chi connectivity index (χ4v) is 2.22. The van der Waals surface area contributed by atoms with Crippen molar-refractivity contribution < 1.29 is 9.53 Å². The lowest BCUT2D eigenvalue weighted by atomic mass is 10.2. The fourth-order valence-electron chi connectivity index (χ4n) is 1.75. The molecule has 2 aromatic carbocycles.